The first-order valence-corrected chi connectivity index (χ1v) is 8.50. The van der Waals surface area contributed by atoms with E-state index in [1.54, 1.807) is 25.2 Å². The molecule has 2 rings (SSSR count). The second-order valence-electron chi connectivity index (χ2n) is 5.53. The zero-order chi connectivity index (χ0) is 17.0. The smallest absolute Gasteiger partial charge is 0.254 e. The molecule has 2 heterocycles. The Labute approximate surface area is 139 Å². The Kier molecular flexibility index (Phi) is 5.65. The van der Waals surface area contributed by atoms with Crippen molar-refractivity contribution in [3.05, 3.63) is 43.0 Å². The first-order valence-electron chi connectivity index (χ1n) is 7.69. The van der Waals surface area contributed by atoms with Gasteiger partial charge in [0.05, 0.1) is 23.7 Å². The van der Waals surface area contributed by atoms with Crippen LogP contribution in [-0.2, 0) is 24.2 Å². The van der Waals surface area contributed by atoms with Crippen LogP contribution in [0.15, 0.2) is 4.79 Å². The summed E-state index contributed by atoms with van der Waals surface area (Å²) in [6.07, 6.45) is 2.05. The number of aromatic amines is 1. The van der Waals surface area contributed by atoms with E-state index in [0.29, 0.717) is 23.6 Å². The van der Waals surface area contributed by atoms with Crippen LogP contribution < -0.4 is 10.9 Å². The van der Waals surface area contributed by atoms with Crippen LogP contribution in [0.2, 0.25) is 0 Å². The molecule has 0 aliphatic carbocycles. The summed E-state index contributed by atoms with van der Waals surface area (Å²) in [5.41, 5.74) is 1.73. The van der Waals surface area contributed by atoms with Gasteiger partial charge in [-0.25, -0.2) is 9.97 Å². The van der Waals surface area contributed by atoms with Crippen LogP contribution in [0, 0.1) is 20.8 Å². The van der Waals surface area contributed by atoms with Crippen molar-refractivity contribution in [2.45, 2.75) is 53.5 Å². The highest BCUT2D eigenvalue weighted by Crippen LogP contribution is 2.19. The third-order valence-corrected chi connectivity index (χ3v) is 4.74. The van der Waals surface area contributed by atoms with Crippen LogP contribution in [0.25, 0.3) is 0 Å². The molecule has 2 aromatic rings. The number of H-pyrrole nitrogens is 1. The highest BCUT2D eigenvalue weighted by atomic mass is 32.1. The molecule has 0 spiro atoms. The van der Waals surface area contributed by atoms with E-state index in [-0.39, 0.29) is 17.9 Å². The minimum atomic E-state index is -0.246. The number of carbonyl (C=O) groups excluding carboxylic acids is 1. The fourth-order valence-corrected chi connectivity index (χ4v) is 3.45. The Morgan fingerprint density at radius 1 is 1.22 bits per heavy atom. The van der Waals surface area contributed by atoms with Crippen LogP contribution in [-0.4, -0.2) is 20.9 Å². The average Bonchev–Trinajstić information content (AvgIpc) is 2.81. The summed E-state index contributed by atoms with van der Waals surface area (Å²) >= 11 is 1.63. The lowest BCUT2D eigenvalue weighted by atomic mass is 10.1. The Morgan fingerprint density at radius 3 is 2.61 bits per heavy atom. The molecule has 0 atom stereocenters. The number of rotatable bonds is 6. The SMILES string of the molecule is CCCc1nc(C)c(CNC(=O)Cc2c(C)nc(C)[nH]c2=O)s1. The van der Waals surface area contributed by atoms with Gasteiger partial charge >= 0.3 is 0 Å². The van der Waals surface area contributed by atoms with Crippen molar-refractivity contribution < 1.29 is 4.79 Å². The molecule has 0 aliphatic rings. The molecule has 0 radical (unpaired) electrons. The molecule has 0 aliphatic heterocycles. The van der Waals surface area contributed by atoms with E-state index in [0.717, 1.165) is 28.4 Å². The number of carbonyl (C=O) groups is 1. The van der Waals surface area contributed by atoms with Gasteiger partial charge in [-0.05, 0) is 33.6 Å². The summed E-state index contributed by atoms with van der Waals surface area (Å²) in [6, 6.07) is 0. The van der Waals surface area contributed by atoms with Crippen LogP contribution in [0.5, 0.6) is 0 Å². The monoisotopic (exact) mass is 334 g/mol. The quantitative estimate of drug-likeness (QED) is 0.845. The molecular formula is C16H22N4O2S. The van der Waals surface area contributed by atoms with Gasteiger partial charge in [-0.2, -0.15) is 0 Å². The summed E-state index contributed by atoms with van der Waals surface area (Å²) < 4.78 is 0. The molecule has 2 aromatic heterocycles. The number of amides is 1. The molecule has 0 aromatic carbocycles. The molecule has 23 heavy (non-hydrogen) atoms. The Bertz CT molecular complexity index is 764. The normalized spacial score (nSPS) is 10.8. The van der Waals surface area contributed by atoms with Gasteiger partial charge in [0.2, 0.25) is 5.91 Å². The molecule has 7 heteroatoms. The Balaban J connectivity index is 2.00. The largest absolute Gasteiger partial charge is 0.351 e. The van der Waals surface area contributed by atoms with Gasteiger partial charge < -0.3 is 10.3 Å². The number of nitrogens with zero attached hydrogens (tertiary/aromatic N) is 2. The minimum Gasteiger partial charge on any atom is -0.351 e. The fraction of sp³-hybridized carbons (Fsp3) is 0.500. The fourth-order valence-electron chi connectivity index (χ4n) is 2.33. The van der Waals surface area contributed by atoms with Crippen LogP contribution in [0.3, 0.4) is 0 Å². The summed E-state index contributed by atoms with van der Waals surface area (Å²) in [5, 5.41) is 3.96. The molecule has 0 unspecified atom stereocenters. The second-order valence-corrected chi connectivity index (χ2v) is 6.70. The molecule has 6 nitrogen and oxygen atoms in total. The van der Waals surface area contributed by atoms with Gasteiger partial charge in [0.1, 0.15) is 5.82 Å². The molecule has 124 valence electrons. The predicted octanol–water partition coefficient (Wildman–Crippen LogP) is 1.96. The maximum absolute atomic E-state index is 12.1. The summed E-state index contributed by atoms with van der Waals surface area (Å²) in [6.45, 7) is 7.99. The van der Waals surface area contributed by atoms with E-state index in [1.807, 2.05) is 6.92 Å². The molecule has 2 N–H and O–H groups in total. The molecular weight excluding hydrogens is 312 g/mol. The lowest BCUT2D eigenvalue weighted by Crippen LogP contribution is -2.28. The van der Waals surface area contributed by atoms with E-state index in [1.165, 1.54) is 0 Å². The van der Waals surface area contributed by atoms with Crippen molar-refractivity contribution in [1.82, 2.24) is 20.3 Å². The maximum atomic E-state index is 12.1. The second kappa shape index (κ2) is 7.50. The number of aromatic nitrogens is 3. The van der Waals surface area contributed by atoms with Gasteiger partial charge in [0.15, 0.2) is 0 Å². The maximum Gasteiger partial charge on any atom is 0.254 e. The van der Waals surface area contributed by atoms with E-state index >= 15 is 0 Å². The third-order valence-electron chi connectivity index (χ3n) is 3.52. The predicted molar refractivity (Wildman–Crippen MR) is 90.7 cm³/mol. The highest BCUT2D eigenvalue weighted by Gasteiger charge is 2.13. The number of hydrogen-bond donors (Lipinski definition) is 2. The standard InChI is InChI=1S/C16H22N4O2S/c1-5-6-15-19-10(3)13(23-15)8-17-14(21)7-12-9(2)18-11(4)20-16(12)22/h5-8H2,1-4H3,(H,17,21)(H,18,20,22). The van der Waals surface area contributed by atoms with Crippen molar-refractivity contribution in [1.29, 1.82) is 0 Å². The Morgan fingerprint density at radius 2 is 1.96 bits per heavy atom. The van der Waals surface area contributed by atoms with E-state index in [4.69, 9.17) is 0 Å². The summed E-state index contributed by atoms with van der Waals surface area (Å²) in [4.78, 5) is 36.4. The molecule has 0 fully saturated rings. The first kappa shape index (κ1) is 17.3. The summed E-state index contributed by atoms with van der Waals surface area (Å²) in [7, 11) is 0. The van der Waals surface area contributed by atoms with Crippen LogP contribution in [0.1, 0.15) is 46.0 Å². The molecule has 0 saturated heterocycles. The zero-order valence-corrected chi connectivity index (χ0v) is 14.8. The van der Waals surface area contributed by atoms with Gasteiger partial charge in [0, 0.05) is 16.1 Å². The number of hydrogen-bond acceptors (Lipinski definition) is 5. The lowest BCUT2D eigenvalue weighted by Gasteiger charge is -2.06. The number of aryl methyl sites for hydroxylation is 4. The number of thiazole rings is 1. The lowest BCUT2D eigenvalue weighted by molar-refractivity contribution is -0.120. The van der Waals surface area contributed by atoms with Gasteiger partial charge in [-0.3, -0.25) is 9.59 Å². The van der Waals surface area contributed by atoms with Crippen molar-refractivity contribution in [3.63, 3.8) is 0 Å². The van der Waals surface area contributed by atoms with Gasteiger partial charge in [-0.15, -0.1) is 11.3 Å². The van der Waals surface area contributed by atoms with Crippen molar-refractivity contribution in [2.24, 2.45) is 0 Å². The number of nitrogens with one attached hydrogen (secondary N) is 2. The van der Waals surface area contributed by atoms with Crippen molar-refractivity contribution in [3.8, 4) is 0 Å². The minimum absolute atomic E-state index is 0.0358. The third kappa shape index (κ3) is 4.48. The first-order chi connectivity index (χ1) is 10.9. The average molecular weight is 334 g/mol. The van der Waals surface area contributed by atoms with E-state index in [2.05, 4.69) is 27.2 Å². The van der Waals surface area contributed by atoms with E-state index < -0.39 is 0 Å². The molecule has 0 bridgehead atoms. The highest BCUT2D eigenvalue weighted by molar-refractivity contribution is 7.11. The van der Waals surface area contributed by atoms with Gasteiger partial charge in [0.25, 0.3) is 5.56 Å². The van der Waals surface area contributed by atoms with Crippen molar-refractivity contribution >= 4 is 17.2 Å². The van der Waals surface area contributed by atoms with Gasteiger partial charge in [-0.1, -0.05) is 6.92 Å². The Hall–Kier alpha value is -2.02. The summed E-state index contributed by atoms with van der Waals surface area (Å²) in [5.74, 6) is 0.370. The van der Waals surface area contributed by atoms with Crippen LogP contribution >= 0.6 is 11.3 Å². The molecule has 1 amide bonds. The van der Waals surface area contributed by atoms with Crippen LogP contribution in [0.4, 0.5) is 0 Å². The topological polar surface area (TPSA) is 87.7 Å². The zero-order valence-electron chi connectivity index (χ0n) is 13.9. The molecule has 0 saturated carbocycles. The van der Waals surface area contributed by atoms with E-state index in [9.17, 15) is 9.59 Å². The van der Waals surface area contributed by atoms with Crippen molar-refractivity contribution in [2.75, 3.05) is 0 Å².